The second-order valence-corrected chi connectivity index (χ2v) is 6.19. The fraction of sp³-hybridized carbons (Fsp3) is 0.368. The molecular weight excluding hydrogens is 256 g/mol. The number of para-hydroxylation sites is 1. The summed E-state index contributed by atoms with van der Waals surface area (Å²) in [4.78, 5) is 2.47. The van der Waals surface area contributed by atoms with Crippen LogP contribution in [0.25, 0.3) is 0 Å². The number of hydrogen-bond acceptors (Lipinski definition) is 2. The predicted octanol–water partition coefficient (Wildman–Crippen LogP) is 4.04. The van der Waals surface area contributed by atoms with Gasteiger partial charge in [0.2, 0.25) is 0 Å². The first-order valence-electron chi connectivity index (χ1n) is 7.78. The summed E-state index contributed by atoms with van der Waals surface area (Å²) in [5.41, 5.74) is 6.88. The van der Waals surface area contributed by atoms with Gasteiger partial charge >= 0.3 is 0 Å². The second kappa shape index (κ2) is 5.90. The van der Waals surface area contributed by atoms with E-state index in [2.05, 4.69) is 66.5 Å². The van der Waals surface area contributed by atoms with Gasteiger partial charge in [-0.05, 0) is 61.2 Å². The summed E-state index contributed by atoms with van der Waals surface area (Å²) in [6, 6.07) is 15.6. The van der Waals surface area contributed by atoms with Gasteiger partial charge in [0.15, 0.2) is 0 Å². The van der Waals surface area contributed by atoms with Gasteiger partial charge in [-0.25, -0.2) is 0 Å². The van der Waals surface area contributed by atoms with E-state index >= 15 is 0 Å². The quantitative estimate of drug-likeness (QED) is 0.912. The van der Waals surface area contributed by atoms with Gasteiger partial charge in [-0.1, -0.05) is 31.2 Å². The van der Waals surface area contributed by atoms with E-state index in [9.17, 15) is 0 Å². The third-order valence-electron chi connectivity index (χ3n) is 4.35. The molecule has 0 radical (unpaired) electrons. The highest BCUT2D eigenvalue weighted by Crippen LogP contribution is 2.35. The molecule has 2 aromatic carbocycles. The smallest absolute Gasteiger partial charge is 0.0443 e. The van der Waals surface area contributed by atoms with Crippen molar-refractivity contribution in [2.24, 2.45) is 5.92 Å². The summed E-state index contributed by atoms with van der Waals surface area (Å²) in [5, 5.41) is 3.23. The molecule has 0 fully saturated rings. The van der Waals surface area contributed by atoms with Crippen LogP contribution in [0.4, 0.5) is 11.4 Å². The number of nitrogens with one attached hydrogen (secondary N) is 1. The molecule has 0 aromatic heterocycles. The predicted molar refractivity (Wildman–Crippen MR) is 90.3 cm³/mol. The van der Waals surface area contributed by atoms with E-state index in [0.29, 0.717) is 5.92 Å². The first-order chi connectivity index (χ1) is 10.2. The van der Waals surface area contributed by atoms with Crippen LogP contribution >= 0.6 is 0 Å². The maximum Gasteiger partial charge on any atom is 0.0443 e. The van der Waals surface area contributed by atoms with E-state index in [1.807, 2.05) is 7.05 Å². The molecule has 0 saturated heterocycles. The molecule has 1 N–H and O–H groups in total. The highest BCUT2D eigenvalue weighted by molar-refractivity contribution is 5.68. The summed E-state index contributed by atoms with van der Waals surface area (Å²) in [5.74, 6) is 0.692. The number of anilines is 2. The lowest BCUT2D eigenvalue weighted by molar-refractivity contribution is 0.562. The molecular formula is C19H24N2. The Morgan fingerprint density at radius 1 is 1.19 bits per heavy atom. The molecule has 1 heterocycles. The molecule has 1 unspecified atom stereocenters. The van der Waals surface area contributed by atoms with E-state index in [1.165, 1.54) is 34.5 Å². The number of fused-ring (bicyclic) bond motifs is 1. The molecule has 0 bridgehead atoms. The van der Waals surface area contributed by atoms with Crippen molar-refractivity contribution in [1.29, 1.82) is 0 Å². The summed E-state index contributed by atoms with van der Waals surface area (Å²) in [6.07, 6.45) is 1.18. The number of rotatable bonds is 3. The first-order valence-corrected chi connectivity index (χ1v) is 7.78. The molecule has 1 aliphatic heterocycles. The van der Waals surface area contributed by atoms with Crippen LogP contribution in [0, 0.1) is 12.8 Å². The Morgan fingerprint density at radius 3 is 2.76 bits per heavy atom. The van der Waals surface area contributed by atoms with E-state index < -0.39 is 0 Å². The molecule has 2 nitrogen and oxygen atoms in total. The van der Waals surface area contributed by atoms with Gasteiger partial charge in [0.25, 0.3) is 0 Å². The monoisotopic (exact) mass is 280 g/mol. The van der Waals surface area contributed by atoms with Crippen molar-refractivity contribution in [3.8, 4) is 0 Å². The fourth-order valence-electron chi connectivity index (χ4n) is 3.28. The number of hydrogen-bond donors (Lipinski definition) is 1. The minimum atomic E-state index is 0.692. The zero-order valence-electron chi connectivity index (χ0n) is 13.2. The highest BCUT2D eigenvalue weighted by atomic mass is 15.1. The lowest BCUT2D eigenvalue weighted by atomic mass is 9.93. The Kier molecular flexibility index (Phi) is 3.98. The zero-order valence-corrected chi connectivity index (χ0v) is 13.2. The van der Waals surface area contributed by atoms with Crippen LogP contribution < -0.4 is 10.2 Å². The molecule has 110 valence electrons. The maximum atomic E-state index is 3.23. The largest absolute Gasteiger partial charge is 0.341 e. The Bertz CT molecular complexity index is 633. The van der Waals surface area contributed by atoms with E-state index in [4.69, 9.17) is 0 Å². The molecule has 1 aliphatic rings. The Balaban J connectivity index is 1.99. The second-order valence-electron chi connectivity index (χ2n) is 6.19. The van der Waals surface area contributed by atoms with Crippen LogP contribution in [0.1, 0.15) is 23.6 Å². The summed E-state index contributed by atoms with van der Waals surface area (Å²) in [7, 11) is 2.00. The standard InChI is InChI=1S/C19H24N2/c1-14-10-16-6-4-5-7-19(16)21(13-14)18-9-8-17(12-20-3)15(2)11-18/h4-9,11,14,20H,10,12-13H2,1-3H3. The lowest BCUT2D eigenvalue weighted by Crippen LogP contribution is -2.30. The van der Waals surface area contributed by atoms with Gasteiger partial charge in [0, 0.05) is 24.5 Å². The number of aryl methyl sites for hydroxylation is 1. The Hall–Kier alpha value is -1.80. The first kappa shape index (κ1) is 14.2. The van der Waals surface area contributed by atoms with Crippen molar-refractivity contribution in [1.82, 2.24) is 5.32 Å². The third-order valence-corrected chi connectivity index (χ3v) is 4.35. The van der Waals surface area contributed by atoms with E-state index in [-0.39, 0.29) is 0 Å². The van der Waals surface area contributed by atoms with Crippen LogP contribution in [-0.4, -0.2) is 13.6 Å². The lowest BCUT2D eigenvalue weighted by Gasteiger charge is -2.35. The summed E-state index contributed by atoms with van der Waals surface area (Å²) >= 11 is 0. The third kappa shape index (κ3) is 2.81. The van der Waals surface area contributed by atoms with Crippen LogP contribution in [0.2, 0.25) is 0 Å². The van der Waals surface area contributed by atoms with Crippen LogP contribution in [0.5, 0.6) is 0 Å². The summed E-state index contributed by atoms with van der Waals surface area (Å²) < 4.78 is 0. The van der Waals surface area contributed by atoms with Gasteiger partial charge in [0.1, 0.15) is 0 Å². The van der Waals surface area contributed by atoms with Crippen molar-refractivity contribution in [3.05, 3.63) is 59.2 Å². The topological polar surface area (TPSA) is 15.3 Å². The molecule has 2 aromatic rings. The average Bonchev–Trinajstić information content (AvgIpc) is 2.48. The van der Waals surface area contributed by atoms with Gasteiger partial charge in [-0.2, -0.15) is 0 Å². The molecule has 3 rings (SSSR count). The SMILES string of the molecule is CNCc1ccc(N2CC(C)Cc3ccccc32)cc1C. The zero-order chi connectivity index (χ0) is 14.8. The van der Waals surface area contributed by atoms with Crippen molar-refractivity contribution in [3.63, 3.8) is 0 Å². The Labute approximate surface area is 127 Å². The Morgan fingerprint density at radius 2 is 2.00 bits per heavy atom. The van der Waals surface area contributed by atoms with Crippen molar-refractivity contribution >= 4 is 11.4 Å². The van der Waals surface area contributed by atoms with Gasteiger partial charge in [-0.3, -0.25) is 0 Å². The van der Waals surface area contributed by atoms with E-state index in [0.717, 1.165) is 13.1 Å². The van der Waals surface area contributed by atoms with Crippen LogP contribution in [0.15, 0.2) is 42.5 Å². The molecule has 0 amide bonds. The van der Waals surface area contributed by atoms with Gasteiger partial charge in [-0.15, -0.1) is 0 Å². The number of nitrogens with zero attached hydrogens (tertiary/aromatic N) is 1. The molecule has 0 aliphatic carbocycles. The normalized spacial score (nSPS) is 17.7. The maximum absolute atomic E-state index is 3.23. The van der Waals surface area contributed by atoms with Crippen molar-refractivity contribution in [2.45, 2.75) is 26.8 Å². The molecule has 21 heavy (non-hydrogen) atoms. The molecule has 0 spiro atoms. The van der Waals surface area contributed by atoms with Crippen molar-refractivity contribution < 1.29 is 0 Å². The van der Waals surface area contributed by atoms with Crippen LogP contribution in [0.3, 0.4) is 0 Å². The highest BCUT2D eigenvalue weighted by Gasteiger charge is 2.22. The van der Waals surface area contributed by atoms with Crippen LogP contribution in [-0.2, 0) is 13.0 Å². The minimum Gasteiger partial charge on any atom is -0.341 e. The van der Waals surface area contributed by atoms with Crippen molar-refractivity contribution in [2.75, 3.05) is 18.5 Å². The van der Waals surface area contributed by atoms with Gasteiger partial charge < -0.3 is 10.2 Å². The number of benzene rings is 2. The fourth-order valence-corrected chi connectivity index (χ4v) is 3.28. The molecule has 1 atom stereocenters. The van der Waals surface area contributed by atoms with E-state index in [1.54, 1.807) is 0 Å². The minimum absolute atomic E-state index is 0.692. The van der Waals surface area contributed by atoms with Gasteiger partial charge in [0.05, 0.1) is 0 Å². The molecule has 0 saturated carbocycles. The molecule has 2 heteroatoms. The average molecular weight is 280 g/mol. The summed E-state index contributed by atoms with van der Waals surface area (Å²) in [6.45, 7) is 6.57.